The molecule has 1 aromatic heterocycles. The molecule has 0 saturated heterocycles. The van der Waals surface area contributed by atoms with Crippen LogP contribution in [0.4, 0.5) is 0 Å². The summed E-state index contributed by atoms with van der Waals surface area (Å²) < 4.78 is 5.48. The highest BCUT2D eigenvalue weighted by Gasteiger charge is 2.18. The van der Waals surface area contributed by atoms with Crippen LogP contribution in [0.3, 0.4) is 0 Å². The minimum absolute atomic E-state index is 0.239. The van der Waals surface area contributed by atoms with Gasteiger partial charge in [0.05, 0.1) is 16.8 Å². The van der Waals surface area contributed by atoms with Gasteiger partial charge in [0.1, 0.15) is 0 Å². The van der Waals surface area contributed by atoms with Crippen LogP contribution < -0.4 is 0 Å². The molecule has 0 bridgehead atoms. The van der Waals surface area contributed by atoms with Crippen molar-refractivity contribution in [1.82, 2.24) is 4.98 Å². The van der Waals surface area contributed by atoms with Gasteiger partial charge in [0.25, 0.3) is 0 Å². The fraction of sp³-hybridized carbons (Fsp3) is 0.0357. The number of esters is 1. The van der Waals surface area contributed by atoms with E-state index in [1.54, 1.807) is 12.1 Å². The third kappa shape index (κ3) is 3.74. The van der Waals surface area contributed by atoms with Crippen molar-refractivity contribution in [2.75, 3.05) is 6.61 Å². The number of benzene rings is 4. The van der Waals surface area contributed by atoms with Gasteiger partial charge >= 0.3 is 5.97 Å². The van der Waals surface area contributed by atoms with E-state index in [0.29, 0.717) is 27.7 Å². The van der Waals surface area contributed by atoms with Gasteiger partial charge in [-0.1, -0.05) is 91.0 Å². The molecule has 0 spiro atoms. The maximum Gasteiger partial charge on any atom is 0.339 e. The van der Waals surface area contributed by atoms with E-state index in [1.165, 1.54) is 0 Å². The molecule has 4 nitrogen and oxygen atoms in total. The molecular formula is C28H19NO3. The van der Waals surface area contributed by atoms with E-state index >= 15 is 0 Å². The summed E-state index contributed by atoms with van der Waals surface area (Å²) in [4.78, 5) is 30.6. The van der Waals surface area contributed by atoms with Gasteiger partial charge in [0.15, 0.2) is 6.61 Å². The van der Waals surface area contributed by atoms with E-state index < -0.39 is 5.97 Å². The minimum atomic E-state index is -0.547. The van der Waals surface area contributed by atoms with Crippen LogP contribution in [0.25, 0.3) is 32.9 Å². The molecule has 4 heteroatoms. The predicted octanol–water partition coefficient (Wildman–Crippen LogP) is 6.09. The van der Waals surface area contributed by atoms with Crippen molar-refractivity contribution in [2.24, 2.45) is 0 Å². The van der Waals surface area contributed by atoms with Crippen LogP contribution in [0.2, 0.25) is 0 Å². The number of nitrogens with zero attached hydrogens (tertiary/aromatic N) is 1. The fourth-order valence-corrected chi connectivity index (χ4v) is 3.86. The van der Waals surface area contributed by atoms with Gasteiger partial charge in [-0.3, -0.25) is 4.79 Å². The molecule has 5 aromatic rings. The van der Waals surface area contributed by atoms with Gasteiger partial charge in [-0.05, 0) is 22.9 Å². The number of carbonyl (C=O) groups excluding carboxylic acids is 2. The van der Waals surface area contributed by atoms with E-state index in [-0.39, 0.29) is 12.4 Å². The maximum atomic E-state index is 13.0. The number of para-hydroxylation sites is 1. The van der Waals surface area contributed by atoms with Gasteiger partial charge in [-0.2, -0.15) is 0 Å². The second-order valence-electron chi connectivity index (χ2n) is 7.46. The first-order valence-corrected chi connectivity index (χ1v) is 10.3. The highest BCUT2D eigenvalue weighted by atomic mass is 16.5. The van der Waals surface area contributed by atoms with Crippen LogP contribution in [0.5, 0.6) is 0 Å². The Morgan fingerprint density at radius 2 is 1.38 bits per heavy atom. The van der Waals surface area contributed by atoms with Gasteiger partial charge in [-0.25, -0.2) is 9.78 Å². The molecule has 0 amide bonds. The quantitative estimate of drug-likeness (QED) is 0.256. The van der Waals surface area contributed by atoms with E-state index in [9.17, 15) is 9.59 Å². The van der Waals surface area contributed by atoms with Crippen molar-refractivity contribution in [2.45, 2.75) is 0 Å². The molecule has 4 aromatic carbocycles. The monoisotopic (exact) mass is 417 g/mol. The largest absolute Gasteiger partial charge is 0.454 e. The highest BCUT2D eigenvalue weighted by molar-refractivity contribution is 6.10. The van der Waals surface area contributed by atoms with Gasteiger partial charge in [0, 0.05) is 16.5 Å². The normalized spacial score (nSPS) is 10.9. The molecule has 0 fully saturated rings. The first kappa shape index (κ1) is 19.6. The lowest BCUT2D eigenvalue weighted by Crippen LogP contribution is -2.15. The summed E-state index contributed by atoms with van der Waals surface area (Å²) in [5, 5.41) is 2.50. The molecule has 0 aliphatic rings. The number of fused-ring (bicyclic) bond motifs is 2. The molecule has 0 N–H and O–H groups in total. The first-order chi connectivity index (χ1) is 15.7. The Bertz CT molecular complexity index is 1450. The lowest BCUT2D eigenvalue weighted by atomic mass is 10.0. The Morgan fingerprint density at radius 1 is 0.688 bits per heavy atom. The Morgan fingerprint density at radius 3 is 2.22 bits per heavy atom. The van der Waals surface area contributed by atoms with Crippen LogP contribution in [0, 0.1) is 0 Å². The van der Waals surface area contributed by atoms with Crippen molar-refractivity contribution in [3.05, 3.63) is 114 Å². The summed E-state index contributed by atoms with van der Waals surface area (Å²) in [5.41, 5.74) is 3.21. The second kappa shape index (κ2) is 8.44. The number of aromatic nitrogens is 1. The second-order valence-corrected chi connectivity index (χ2v) is 7.46. The summed E-state index contributed by atoms with van der Waals surface area (Å²) in [6.45, 7) is -0.329. The van der Waals surface area contributed by atoms with E-state index in [1.807, 2.05) is 91.0 Å². The van der Waals surface area contributed by atoms with Crippen molar-refractivity contribution in [1.29, 1.82) is 0 Å². The zero-order valence-electron chi connectivity index (χ0n) is 17.2. The summed E-state index contributed by atoms with van der Waals surface area (Å²) in [5.74, 6) is -0.786. The number of carbonyl (C=O) groups is 2. The number of hydrogen-bond donors (Lipinski definition) is 0. The van der Waals surface area contributed by atoms with Gasteiger partial charge < -0.3 is 4.74 Å². The molecule has 0 radical (unpaired) electrons. The number of ketones is 1. The van der Waals surface area contributed by atoms with E-state index in [2.05, 4.69) is 0 Å². The molecule has 0 aliphatic carbocycles. The van der Waals surface area contributed by atoms with Crippen molar-refractivity contribution < 1.29 is 14.3 Å². The molecule has 154 valence electrons. The Hall–Kier alpha value is -4.31. The number of Topliss-reactive ketones (excluding diaryl/α,β-unsaturated/α-hetero) is 1. The number of rotatable bonds is 5. The molecular weight excluding hydrogens is 398 g/mol. The first-order valence-electron chi connectivity index (χ1n) is 10.3. The Kier molecular flexibility index (Phi) is 5.18. The standard InChI is InChI=1S/C28H19NO3/c30-27(23-15-8-12-19-9-4-5-13-21(19)23)18-32-28(31)24-17-26(20-10-2-1-3-11-20)29-25-16-7-6-14-22(24)25/h1-17H,18H2. The molecule has 0 atom stereocenters. The smallest absolute Gasteiger partial charge is 0.339 e. The van der Waals surface area contributed by atoms with E-state index in [0.717, 1.165) is 16.3 Å². The number of hydrogen-bond acceptors (Lipinski definition) is 4. The van der Waals surface area contributed by atoms with Crippen molar-refractivity contribution in [3.8, 4) is 11.3 Å². The third-order valence-electron chi connectivity index (χ3n) is 5.43. The lowest BCUT2D eigenvalue weighted by Gasteiger charge is -2.11. The Labute approximate surface area is 185 Å². The SMILES string of the molecule is O=C(COC(=O)c1cc(-c2ccccc2)nc2ccccc12)c1cccc2ccccc12. The maximum absolute atomic E-state index is 13.0. The van der Waals surface area contributed by atoms with Gasteiger partial charge in [-0.15, -0.1) is 0 Å². The zero-order chi connectivity index (χ0) is 21.9. The van der Waals surface area contributed by atoms with Crippen LogP contribution in [-0.4, -0.2) is 23.3 Å². The lowest BCUT2D eigenvalue weighted by molar-refractivity contribution is 0.0477. The number of pyridine rings is 1. The topological polar surface area (TPSA) is 56.3 Å². The average molecular weight is 417 g/mol. The van der Waals surface area contributed by atoms with Crippen molar-refractivity contribution >= 4 is 33.4 Å². The average Bonchev–Trinajstić information content (AvgIpc) is 2.86. The molecule has 0 saturated carbocycles. The molecule has 1 heterocycles. The summed E-state index contributed by atoms with van der Waals surface area (Å²) in [7, 11) is 0. The Balaban J connectivity index is 1.45. The summed E-state index contributed by atoms with van der Waals surface area (Å²) >= 11 is 0. The number of ether oxygens (including phenoxy) is 1. The minimum Gasteiger partial charge on any atom is -0.454 e. The molecule has 0 unspecified atom stereocenters. The summed E-state index contributed by atoms with van der Waals surface area (Å²) in [6.07, 6.45) is 0. The van der Waals surface area contributed by atoms with Crippen molar-refractivity contribution in [3.63, 3.8) is 0 Å². The van der Waals surface area contributed by atoms with Gasteiger partial charge in [0.2, 0.25) is 5.78 Å². The fourth-order valence-electron chi connectivity index (χ4n) is 3.86. The zero-order valence-corrected chi connectivity index (χ0v) is 17.2. The van der Waals surface area contributed by atoms with Crippen LogP contribution in [0.15, 0.2) is 103 Å². The highest BCUT2D eigenvalue weighted by Crippen LogP contribution is 2.25. The molecule has 0 aliphatic heterocycles. The summed E-state index contributed by atoms with van der Waals surface area (Å²) in [6, 6.07) is 32.0. The third-order valence-corrected chi connectivity index (χ3v) is 5.43. The van der Waals surface area contributed by atoms with Crippen LogP contribution >= 0.6 is 0 Å². The van der Waals surface area contributed by atoms with E-state index in [4.69, 9.17) is 9.72 Å². The van der Waals surface area contributed by atoms with Crippen LogP contribution in [0.1, 0.15) is 20.7 Å². The van der Waals surface area contributed by atoms with Crippen LogP contribution in [-0.2, 0) is 4.74 Å². The molecule has 5 rings (SSSR count). The molecule has 32 heavy (non-hydrogen) atoms. The predicted molar refractivity (Wildman–Crippen MR) is 126 cm³/mol.